The van der Waals surface area contributed by atoms with Crippen molar-refractivity contribution in [2.24, 2.45) is 5.41 Å². The smallest absolute Gasteiger partial charge is 0.258 e. The number of carbonyl (C=O) groups excluding carboxylic acids is 1. The predicted octanol–water partition coefficient (Wildman–Crippen LogP) is 4.09. The molecule has 1 N–H and O–H groups in total. The monoisotopic (exact) mass is 405 g/mol. The van der Waals surface area contributed by atoms with Crippen LogP contribution < -0.4 is 14.8 Å². The first-order chi connectivity index (χ1) is 14.5. The molecule has 6 nitrogen and oxygen atoms in total. The number of amides is 1. The van der Waals surface area contributed by atoms with Gasteiger partial charge in [0.1, 0.15) is 0 Å². The molecule has 3 aromatic rings. The Morgan fingerprint density at radius 2 is 1.83 bits per heavy atom. The fourth-order valence-corrected chi connectivity index (χ4v) is 4.08. The van der Waals surface area contributed by atoms with Crippen molar-refractivity contribution in [3.05, 3.63) is 72.1 Å². The van der Waals surface area contributed by atoms with E-state index in [4.69, 9.17) is 9.47 Å². The third-order valence-electron chi connectivity index (χ3n) is 5.44. The molecule has 1 heterocycles. The first-order valence-electron chi connectivity index (χ1n) is 10.1. The summed E-state index contributed by atoms with van der Waals surface area (Å²) in [6, 6.07) is 17.3. The average molecular weight is 405 g/mol. The second-order valence-corrected chi connectivity index (χ2v) is 8.40. The number of aromatic nitrogens is 2. The van der Waals surface area contributed by atoms with Crippen molar-refractivity contribution < 1.29 is 14.3 Å². The first kappa shape index (κ1) is 20.0. The fraction of sp³-hybridized carbons (Fsp3) is 0.333. The number of methoxy groups -OCH3 is 1. The molecule has 0 spiro atoms. The summed E-state index contributed by atoms with van der Waals surface area (Å²) in [6.45, 7) is 4.38. The maximum Gasteiger partial charge on any atom is 0.258 e. The lowest BCUT2D eigenvalue weighted by atomic mass is 9.74. The largest absolute Gasteiger partial charge is 0.493 e. The molecule has 4 rings (SSSR count). The summed E-state index contributed by atoms with van der Waals surface area (Å²) in [5.41, 5.74) is 3.29. The van der Waals surface area contributed by atoms with E-state index in [1.165, 1.54) is 0 Å². The van der Waals surface area contributed by atoms with E-state index in [0.29, 0.717) is 11.5 Å². The van der Waals surface area contributed by atoms with Crippen molar-refractivity contribution in [2.45, 2.75) is 32.7 Å². The highest BCUT2D eigenvalue weighted by Gasteiger charge is 2.36. The van der Waals surface area contributed by atoms with Crippen LogP contribution in [0.25, 0.3) is 5.69 Å². The Kier molecular flexibility index (Phi) is 5.48. The van der Waals surface area contributed by atoms with E-state index in [1.54, 1.807) is 19.2 Å². The van der Waals surface area contributed by atoms with Gasteiger partial charge in [0.2, 0.25) is 0 Å². The van der Waals surface area contributed by atoms with Crippen LogP contribution in [0.2, 0.25) is 0 Å². The summed E-state index contributed by atoms with van der Waals surface area (Å²) in [5, 5.41) is 7.77. The minimum absolute atomic E-state index is 0.0427. The summed E-state index contributed by atoms with van der Waals surface area (Å²) in [5.74, 6) is 0.995. The highest BCUT2D eigenvalue weighted by molar-refractivity contribution is 5.78. The SMILES string of the molecule is COc1ccccc1OCC(=O)NC1CC(C)(C)Cc2c1cnn2-c1ccccc1. The standard InChI is InChI=1S/C24H27N3O3/c1-24(2)13-19(26-23(28)16-30-22-12-8-7-11-21(22)29-3)18-15-25-27(20(18)14-24)17-9-5-4-6-10-17/h4-12,15,19H,13-14,16H2,1-3H3,(H,26,28). The number of ether oxygens (including phenoxy) is 2. The second-order valence-electron chi connectivity index (χ2n) is 8.40. The highest BCUT2D eigenvalue weighted by Crippen LogP contribution is 2.41. The Morgan fingerprint density at radius 3 is 2.57 bits per heavy atom. The van der Waals surface area contributed by atoms with Gasteiger partial charge in [-0.15, -0.1) is 0 Å². The van der Waals surface area contributed by atoms with Gasteiger partial charge in [0.15, 0.2) is 18.1 Å². The molecule has 0 aliphatic heterocycles. The van der Waals surface area contributed by atoms with Crippen molar-refractivity contribution in [3.8, 4) is 17.2 Å². The van der Waals surface area contributed by atoms with E-state index in [2.05, 4.69) is 24.3 Å². The van der Waals surface area contributed by atoms with Crippen LogP contribution in [0.3, 0.4) is 0 Å². The lowest BCUT2D eigenvalue weighted by Crippen LogP contribution is -2.38. The Balaban J connectivity index is 1.51. The number of hydrogen-bond donors (Lipinski definition) is 1. The third-order valence-corrected chi connectivity index (χ3v) is 5.44. The molecule has 1 aliphatic carbocycles. The fourth-order valence-electron chi connectivity index (χ4n) is 4.08. The third kappa shape index (κ3) is 4.17. The van der Waals surface area contributed by atoms with E-state index in [1.807, 2.05) is 53.3 Å². The number of hydrogen-bond acceptors (Lipinski definition) is 4. The molecule has 1 aromatic heterocycles. The maximum absolute atomic E-state index is 12.7. The van der Waals surface area contributed by atoms with Crippen LogP contribution in [0, 0.1) is 5.41 Å². The molecule has 0 fully saturated rings. The van der Waals surface area contributed by atoms with E-state index in [9.17, 15) is 4.79 Å². The van der Waals surface area contributed by atoms with Crippen molar-refractivity contribution in [3.63, 3.8) is 0 Å². The number of para-hydroxylation sites is 3. The zero-order valence-corrected chi connectivity index (χ0v) is 17.6. The topological polar surface area (TPSA) is 65.4 Å². The maximum atomic E-state index is 12.7. The van der Waals surface area contributed by atoms with Crippen LogP contribution in [0.5, 0.6) is 11.5 Å². The molecule has 30 heavy (non-hydrogen) atoms. The van der Waals surface area contributed by atoms with Gasteiger partial charge in [-0.05, 0) is 42.5 Å². The van der Waals surface area contributed by atoms with Gasteiger partial charge in [-0.25, -0.2) is 4.68 Å². The van der Waals surface area contributed by atoms with Crippen molar-refractivity contribution in [1.82, 2.24) is 15.1 Å². The molecule has 6 heteroatoms. The minimum atomic E-state index is -0.165. The lowest BCUT2D eigenvalue weighted by Gasteiger charge is -2.36. The van der Waals surface area contributed by atoms with Crippen LogP contribution in [-0.4, -0.2) is 29.4 Å². The Hall–Kier alpha value is -3.28. The number of rotatable bonds is 6. The quantitative estimate of drug-likeness (QED) is 0.671. The number of carbonyl (C=O) groups is 1. The van der Waals surface area contributed by atoms with Crippen molar-refractivity contribution in [2.75, 3.05) is 13.7 Å². The summed E-state index contributed by atoms with van der Waals surface area (Å²) < 4.78 is 13.0. The van der Waals surface area contributed by atoms with Gasteiger partial charge in [0, 0.05) is 5.56 Å². The molecular weight excluding hydrogens is 378 g/mol. The molecule has 2 aromatic carbocycles. The van der Waals surface area contributed by atoms with Gasteiger partial charge in [0.05, 0.1) is 30.7 Å². The number of fused-ring (bicyclic) bond motifs is 1. The molecule has 1 amide bonds. The molecule has 1 aliphatic rings. The van der Waals surface area contributed by atoms with E-state index in [-0.39, 0.29) is 24.0 Å². The first-order valence-corrected chi connectivity index (χ1v) is 10.1. The zero-order chi connectivity index (χ0) is 21.1. The van der Waals surface area contributed by atoms with E-state index in [0.717, 1.165) is 29.8 Å². The Morgan fingerprint density at radius 1 is 1.13 bits per heavy atom. The van der Waals surface area contributed by atoms with Crippen LogP contribution >= 0.6 is 0 Å². The zero-order valence-electron chi connectivity index (χ0n) is 17.6. The van der Waals surface area contributed by atoms with E-state index < -0.39 is 0 Å². The molecule has 1 atom stereocenters. The summed E-state index contributed by atoms with van der Waals surface area (Å²) in [4.78, 5) is 12.7. The molecule has 0 radical (unpaired) electrons. The van der Waals surface area contributed by atoms with Crippen LogP contribution in [0.4, 0.5) is 0 Å². The summed E-state index contributed by atoms with van der Waals surface area (Å²) >= 11 is 0. The molecule has 0 saturated heterocycles. The summed E-state index contributed by atoms with van der Waals surface area (Å²) in [6.07, 6.45) is 3.63. The van der Waals surface area contributed by atoms with Gasteiger partial charge < -0.3 is 14.8 Å². The molecule has 0 bridgehead atoms. The highest BCUT2D eigenvalue weighted by atomic mass is 16.5. The van der Waals surface area contributed by atoms with E-state index >= 15 is 0 Å². The predicted molar refractivity (Wildman–Crippen MR) is 115 cm³/mol. The Bertz CT molecular complexity index is 1030. The van der Waals surface area contributed by atoms with Gasteiger partial charge in [-0.2, -0.15) is 5.10 Å². The van der Waals surface area contributed by atoms with Crippen molar-refractivity contribution in [1.29, 1.82) is 0 Å². The number of nitrogens with one attached hydrogen (secondary N) is 1. The van der Waals surface area contributed by atoms with Crippen LogP contribution in [0.15, 0.2) is 60.8 Å². The van der Waals surface area contributed by atoms with Crippen LogP contribution in [-0.2, 0) is 11.2 Å². The average Bonchev–Trinajstić information content (AvgIpc) is 3.15. The van der Waals surface area contributed by atoms with Gasteiger partial charge in [0.25, 0.3) is 5.91 Å². The van der Waals surface area contributed by atoms with Crippen molar-refractivity contribution >= 4 is 5.91 Å². The molecular formula is C24H27N3O3. The van der Waals surface area contributed by atoms with Gasteiger partial charge >= 0.3 is 0 Å². The number of benzene rings is 2. The molecule has 0 saturated carbocycles. The second kappa shape index (κ2) is 8.22. The lowest BCUT2D eigenvalue weighted by molar-refractivity contribution is -0.124. The normalized spacial score (nSPS) is 17.1. The minimum Gasteiger partial charge on any atom is -0.493 e. The van der Waals surface area contributed by atoms with Crippen LogP contribution in [0.1, 0.15) is 37.6 Å². The molecule has 156 valence electrons. The van der Waals surface area contributed by atoms with Gasteiger partial charge in [-0.1, -0.05) is 44.2 Å². The Labute approximate surface area is 176 Å². The summed E-state index contributed by atoms with van der Waals surface area (Å²) in [7, 11) is 1.58. The molecule has 1 unspecified atom stereocenters. The van der Waals surface area contributed by atoms with Gasteiger partial charge in [-0.3, -0.25) is 4.79 Å². The number of nitrogens with zero attached hydrogens (tertiary/aromatic N) is 2.